The van der Waals surface area contributed by atoms with Crippen molar-refractivity contribution < 1.29 is 23.2 Å². The first-order valence-electron chi connectivity index (χ1n) is 5.53. The lowest BCUT2D eigenvalue weighted by molar-refractivity contribution is -0.384. The summed E-state index contributed by atoms with van der Waals surface area (Å²) in [6, 6.07) is 3.07. The predicted molar refractivity (Wildman–Crippen MR) is 73.9 cm³/mol. The molecule has 2 N–H and O–H groups in total. The number of benzene rings is 1. The third-order valence-electron chi connectivity index (χ3n) is 2.49. The minimum Gasteiger partial charge on any atom is -0.465 e. The molecule has 9 nitrogen and oxygen atoms in total. The summed E-state index contributed by atoms with van der Waals surface area (Å²) in [6.07, 6.45) is -1.20. The van der Waals surface area contributed by atoms with Gasteiger partial charge in [-0.1, -0.05) is 11.6 Å². The molecule has 21 heavy (non-hydrogen) atoms. The van der Waals surface area contributed by atoms with Gasteiger partial charge in [-0.2, -0.15) is 0 Å². The Labute approximate surface area is 125 Å². The van der Waals surface area contributed by atoms with Crippen molar-refractivity contribution in [1.29, 1.82) is 0 Å². The highest BCUT2D eigenvalue weighted by Gasteiger charge is 2.20. The van der Waals surface area contributed by atoms with Gasteiger partial charge in [-0.3, -0.25) is 10.1 Å². The van der Waals surface area contributed by atoms with Crippen molar-refractivity contribution in [1.82, 2.24) is 9.62 Å². The molecule has 1 aromatic carbocycles. The summed E-state index contributed by atoms with van der Waals surface area (Å²) in [6.45, 7) is -0.230. The highest BCUT2D eigenvalue weighted by atomic mass is 35.5. The molecule has 1 amide bonds. The van der Waals surface area contributed by atoms with Gasteiger partial charge >= 0.3 is 6.09 Å². The number of carboxylic acid groups (broad SMARTS) is 1. The third-order valence-corrected chi connectivity index (χ3v) is 4.27. The van der Waals surface area contributed by atoms with Crippen LogP contribution in [0.5, 0.6) is 0 Å². The molecule has 1 rings (SSSR count). The predicted octanol–water partition coefficient (Wildman–Crippen LogP) is 1.14. The minimum atomic E-state index is -3.99. The van der Waals surface area contributed by atoms with Crippen LogP contribution in [0, 0.1) is 10.1 Å². The van der Waals surface area contributed by atoms with Crippen molar-refractivity contribution in [3.8, 4) is 0 Å². The van der Waals surface area contributed by atoms with Crippen LogP contribution in [0.25, 0.3) is 0 Å². The molecule has 0 aromatic heterocycles. The molecular weight excluding hydrogens is 326 g/mol. The molecule has 0 saturated carbocycles. The Morgan fingerprint density at radius 2 is 2.14 bits per heavy atom. The summed E-state index contributed by atoms with van der Waals surface area (Å²) in [4.78, 5) is 21.0. The first kappa shape index (κ1) is 17.1. The standard InChI is InChI=1S/C10H12ClN3O6S/c1-13(10(15)16)5-4-12-21(19,20)7-2-3-8(11)9(6-7)14(17)18/h2-3,6,12H,4-5H2,1H3,(H,15,16). The van der Waals surface area contributed by atoms with Crippen molar-refractivity contribution in [2.24, 2.45) is 0 Å². The lowest BCUT2D eigenvalue weighted by Gasteiger charge is -2.13. The Bertz CT molecular complexity index is 663. The van der Waals surface area contributed by atoms with E-state index in [1.165, 1.54) is 7.05 Å². The number of amides is 1. The maximum absolute atomic E-state index is 11.9. The number of carbonyl (C=O) groups is 1. The number of nitro benzene ring substituents is 1. The van der Waals surface area contributed by atoms with Crippen LogP contribution in [0.1, 0.15) is 0 Å². The van der Waals surface area contributed by atoms with Crippen LogP contribution in [0.3, 0.4) is 0 Å². The molecule has 0 radical (unpaired) electrons. The first-order valence-corrected chi connectivity index (χ1v) is 7.39. The lowest BCUT2D eigenvalue weighted by atomic mass is 10.3. The van der Waals surface area contributed by atoms with E-state index in [0.29, 0.717) is 0 Å². The molecule has 0 aliphatic carbocycles. The van der Waals surface area contributed by atoms with Crippen molar-refractivity contribution >= 4 is 33.4 Å². The normalized spacial score (nSPS) is 11.1. The minimum absolute atomic E-state index is 0.0652. The second-order valence-corrected chi connectivity index (χ2v) is 6.15. The topological polar surface area (TPSA) is 130 Å². The van der Waals surface area contributed by atoms with Crippen molar-refractivity contribution in [3.05, 3.63) is 33.3 Å². The van der Waals surface area contributed by atoms with E-state index in [1.54, 1.807) is 0 Å². The summed E-state index contributed by atoms with van der Waals surface area (Å²) < 4.78 is 26.0. The smallest absolute Gasteiger partial charge is 0.407 e. The average molecular weight is 338 g/mol. The molecule has 0 unspecified atom stereocenters. The van der Waals surface area contributed by atoms with E-state index >= 15 is 0 Å². The summed E-state index contributed by atoms with van der Waals surface area (Å²) in [5, 5.41) is 19.2. The van der Waals surface area contributed by atoms with Crippen LogP contribution < -0.4 is 4.72 Å². The SMILES string of the molecule is CN(CCNS(=O)(=O)c1ccc(Cl)c([N+](=O)[O-])c1)C(=O)O. The van der Waals surface area contributed by atoms with Gasteiger partial charge < -0.3 is 10.0 Å². The van der Waals surface area contributed by atoms with Gasteiger partial charge in [0.25, 0.3) is 5.69 Å². The number of nitrogens with zero attached hydrogens (tertiary/aromatic N) is 2. The van der Waals surface area contributed by atoms with E-state index in [-0.39, 0.29) is 23.0 Å². The number of nitro groups is 1. The molecule has 0 atom stereocenters. The number of likely N-dealkylation sites (N-methyl/N-ethyl adjacent to an activating group) is 1. The summed E-state index contributed by atoms with van der Waals surface area (Å²) >= 11 is 5.59. The molecule has 1 aromatic rings. The fourth-order valence-corrected chi connectivity index (χ4v) is 2.55. The Hall–Kier alpha value is -1.91. The van der Waals surface area contributed by atoms with Crippen LogP contribution in [-0.2, 0) is 10.0 Å². The van der Waals surface area contributed by atoms with E-state index in [1.807, 2.05) is 0 Å². The van der Waals surface area contributed by atoms with E-state index in [9.17, 15) is 23.3 Å². The van der Waals surface area contributed by atoms with Crippen LogP contribution in [0.15, 0.2) is 23.1 Å². The summed E-state index contributed by atoms with van der Waals surface area (Å²) in [5.74, 6) is 0. The van der Waals surface area contributed by atoms with Gasteiger partial charge in [-0.15, -0.1) is 0 Å². The van der Waals surface area contributed by atoms with Gasteiger partial charge in [0, 0.05) is 26.2 Å². The Morgan fingerprint density at radius 1 is 1.52 bits per heavy atom. The van der Waals surface area contributed by atoms with Crippen molar-refractivity contribution in [3.63, 3.8) is 0 Å². The second-order valence-electron chi connectivity index (χ2n) is 3.97. The molecule has 0 saturated heterocycles. The van der Waals surface area contributed by atoms with Gasteiger partial charge in [-0.25, -0.2) is 17.9 Å². The largest absolute Gasteiger partial charge is 0.465 e. The zero-order chi connectivity index (χ0) is 16.2. The van der Waals surface area contributed by atoms with Gasteiger partial charge in [0.1, 0.15) is 5.02 Å². The Morgan fingerprint density at radius 3 is 2.67 bits per heavy atom. The average Bonchev–Trinajstić information content (AvgIpc) is 2.38. The number of rotatable bonds is 6. The molecule has 0 aliphatic rings. The summed E-state index contributed by atoms with van der Waals surface area (Å²) in [7, 11) is -2.71. The van der Waals surface area contributed by atoms with E-state index in [0.717, 1.165) is 23.1 Å². The van der Waals surface area contributed by atoms with Gasteiger partial charge in [0.05, 0.1) is 9.82 Å². The number of halogens is 1. The first-order chi connectivity index (χ1) is 9.65. The number of nitrogens with one attached hydrogen (secondary N) is 1. The third kappa shape index (κ3) is 4.55. The monoisotopic (exact) mass is 337 g/mol. The molecular formula is C10H12ClN3O6S. The zero-order valence-corrected chi connectivity index (χ0v) is 12.4. The van der Waals surface area contributed by atoms with Gasteiger partial charge in [0.15, 0.2) is 0 Å². The number of hydrogen-bond acceptors (Lipinski definition) is 5. The van der Waals surface area contributed by atoms with Crippen LogP contribution in [0.4, 0.5) is 10.5 Å². The molecule has 0 aliphatic heterocycles. The number of sulfonamides is 1. The molecule has 116 valence electrons. The fraction of sp³-hybridized carbons (Fsp3) is 0.300. The van der Waals surface area contributed by atoms with Gasteiger partial charge in [0.2, 0.25) is 10.0 Å². The molecule has 11 heteroatoms. The second kappa shape index (κ2) is 6.70. The van der Waals surface area contributed by atoms with Crippen molar-refractivity contribution in [2.45, 2.75) is 4.90 Å². The van der Waals surface area contributed by atoms with E-state index in [2.05, 4.69) is 4.72 Å². The van der Waals surface area contributed by atoms with Crippen LogP contribution >= 0.6 is 11.6 Å². The van der Waals surface area contributed by atoms with Crippen molar-refractivity contribution in [2.75, 3.05) is 20.1 Å². The van der Waals surface area contributed by atoms with Crippen LogP contribution in [0.2, 0.25) is 5.02 Å². The zero-order valence-electron chi connectivity index (χ0n) is 10.8. The highest BCUT2D eigenvalue weighted by Crippen LogP contribution is 2.26. The Kier molecular flexibility index (Phi) is 5.47. The Balaban J connectivity index is 2.86. The molecule has 0 spiro atoms. The van der Waals surface area contributed by atoms with E-state index in [4.69, 9.17) is 16.7 Å². The van der Waals surface area contributed by atoms with Crippen LogP contribution in [-0.4, -0.2) is 49.6 Å². The number of hydrogen-bond donors (Lipinski definition) is 2. The molecule has 0 bridgehead atoms. The quantitative estimate of drug-likeness (QED) is 0.591. The van der Waals surface area contributed by atoms with E-state index < -0.39 is 26.7 Å². The molecule has 0 fully saturated rings. The van der Waals surface area contributed by atoms with Gasteiger partial charge in [-0.05, 0) is 12.1 Å². The maximum atomic E-state index is 11.9. The molecule has 0 heterocycles. The summed E-state index contributed by atoms with van der Waals surface area (Å²) in [5.41, 5.74) is -0.526. The maximum Gasteiger partial charge on any atom is 0.407 e. The fourth-order valence-electron chi connectivity index (χ4n) is 1.33. The lowest BCUT2D eigenvalue weighted by Crippen LogP contribution is -2.35. The highest BCUT2D eigenvalue weighted by molar-refractivity contribution is 7.89.